The van der Waals surface area contributed by atoms with Gasteiger partial charge >= 0.3 is 0 Å². The Bertz CT molecular complexity index is 1120. The molecular weight excluding hydrogens is 444 g/mol. The maximum absolute atomic E-state index is 14.5. The van der Waals surface area contributed by atoms with E-state index in [1.54, 1.807) is 12.1 Å². The topological polar surface area (TPSA) is 27.5 Å². The summed E-state index contributed by atoms with van der Waals surface area (Å²) in [6.45, 7) is 15.4. The Balaban J connectivity index is 1.72. The highest BCUT2D eigenvalue weighted by Crippen LogP contribution is 2.30. The summed E-state index contributed by atoms with van der Waals surface area (Å²) in [4.78, 5) is 7.12. The first kappa shape index (κ1) is 25.3. The Labute approximate surface area is 208 Å². The lowest BCUT2D eigenvalue weighted by Crippen LogP contribution is -2.47. The monoisotopic (exact) mass is 481 g/mol. The van der Waals surface area contributed by atoms with Crippen LogP contribution in [0, 0.1) is 24.5 Å². The van der Waals surface area contributed by atoms with Crippen molar-refractivity contribution in [2.75, 3.05) is 44.2 Å². The molecular formula is C28H37F2N5. The highest BCUT2D eigenvalue weighted by atomic mass is 19.1. The number of halogens is 2. The third-order valence-corrected chi connectivity index (χ3v) is 6.69. The first-order valence-corrected chi connectivity index (χ1v) is 12.6. The summed E-state index contributed by atoms with van der Waals surface area (Å²) in [5, 5.41) is 4.89. The molecule has 0 spiro atoms. The largest absolute Gasteiger partial charge is 0.354 e. The molecule has 188 valence electrons. The third-order valence-electron chi connectivity index (χ3n) is 6.69. The van der Waals surface area contributed by atoms with E-state index in [0.717, 1.165) is 62.0 Å². The number of aromatic nitrogens is 2. The normalized spacial score (nSPS) is 14.9. The molecule has 0 saturated carbocycles. The number of likely N-dealkylation sites (N-methyl/N-ethyl adjacent to an activating group) is 1. The second-order valence-electron chi connectivity index (χ2n) is 9.86. The number of hydrogen-bond donors (Lipinski definition) is 0. The van der Waals surface area contributed by atoms with Gasteiger partial charge in [-0.25, -0.2) is 13.5 Å². The molecule has 4 rings (SSSR count). The van der Waals surface area contributed by atoms with Gasteiger partial charge in [0.2, 0.25) is 0 Å². The SMILES string of the molecule is CCN1CCN(c2c(CN(Cc3ccccc3F)CC(C)C)c(C)nn2-c2cccc(F)c2)CC1. The van der Waals surface area contributed by atoms with Crippen molar-refractivity contribution in [3.63, 3.8) is 0 Å². The number of aryl methyl sites for hydroxylation is 1. The van der Waals surface area contributed by atoms with Crippen molar-refractivity contribution >= 4 is 5.82 Å². The van der Waals surface area contributed by atoms with Crippen molar-refractivity contribution in [1.82, 2.24) is 19.6 Å². The van der Waals surface area contributed by atoms with Gasteiger partial charge in [-0.15, -0.1) is 0 Å². The van der Waals surface area contributed by atoms with Gasteiger partial charge < -0.3 is 9.80 Å². The summed E-state index contributed by atoms with van der Waals surface area (Å²) < 4.78 is 30.6. The predicted octanol–water partition coefficient (Wildman–Crippen LogP) is 5.26. The molecule has 5 nitrogen and oxygen atoms in total. The Morgan fingerprint density at radius 2 is 1.71 bits per heavy atom. The Kier molecular flexibility index (Phi) is 8.19. The first-order valence-electron chi connectivity index (χ1n) is 12.6. The molecule has 2 aromatic carbocycles. The fraction of sp³-hybridized carbons (Fsp3) is 0.464. The minimum Gasteiger partial charge on any atom is -0.354 e. The number of nitrogens with zero attached hydrogens (tertiary/aromatic N) is 5. The quantitative estimate of drug-likeness (QED) is 0.417. The summed E-state index contributed by atoms with van der Waals surface area (Å²) in [6, 6.07) is 13.6. The van der Waals surface area contributed by atoms with Crippen LogP contribution in [0.5, 0.6) is 0 Å². The van der Waals surface area contributed by atoms with E-state index in [1.807, 2.05) is 29.8 Å². The zero-order chi connectivity index (χ0) is 24.9. The van der Waals surface area contributed by atoms with Gasteiger partial charge in [-0.2, -0.15) is 5.10 Å². The maximum Gasteiger partial charge on any atom is 0.137 e. The lowest BCUT2D eigenvalue weighted by atomic mass is 10.1. The number of piperazine rings is 1. The summed E-state index contributed by atoms with van der Waals surface area (Å²) in [5.41, 5.74) is 3.46. The Morgan fingerprint density at radius 3 is 2.37 bits per heavy atom. The van der Waals surface area contributed by atoms with E-state index in [4.69, 9.17) is 5.10 Å². The Morgan fingerprint density at radius 1 is 0.971 bits per heavy atom. The van der Waals surface area contributed by atoms with Crippen molar-refractivity contribution in [3.8, 4) is 5.69 Å². The van der Waals surface area contributed by atoms with Gasteiger partial charge in [0.15, 0.2) is 0 Å². The standard InChI is InChI=1S/C28H37F2N5/c1-5-32-13-15-34(16-14-32)28-26(22(4)31-35(28)25-11-8-10-24(29)17-25)20-33(18-21(2)3)19-23-9-6-7-12-27(23)30/h6-12,17,21H,5,13-16,18-20H2,1-4H3. The zero-order valence-corrected chi connectivity index (χ0v) is 21.3. The molecule has 2 heterocycles. The smallest absolute Gasteiger partial charge is 0.137 e. The summed E-state index contributed by atoms with van der Waals surface area (Å²) >= 11 is 0. The van der Waals surface area contributed by atoms with Crippen LogP contribution in [0.25, 0.3) is 5.69 Å². The van der Waals surface area contributed by atoms with Crippen molar-refractivity contribution < 1.29 is 8.78 Å². The molecule has 7 heteroatoms. The van der Waals surface area contributed by atoms with Gasteiger partial charge in [0.05, 0.1) is 11.4 Å². The fourth-order valence-electron chi connectivity index (χ4n) is 4.91. The van der Waals surface area contributed by atoms with Crippen LogP contribution in [0.15, 0.2) is 48.5 Å². The molecule has 1 saturated heterocycles. The molecule has 1 aliphatic heterocycles. The van der Waals surface area contributed by atoms with Gasteiger partial charge in [0.1, 0.15) is 17.5 Å². The molecule has 1 aliphatic rings. The van der Waals surface area contributed by atoms with E-state index >= 15 is 0 Å². The molecule has 3 aromatic rings. The van der Waals surface area contributed by atoms with Crippen molar-refractivity contribution in [2.45, 2.75) is 40.8 Å². The Hall–Kier alpha value is -2.77. The molecule has 0 amide bonds. The summed E-state index contributed by atoms with van der Waals surface area (Å²) in [7, 11) is 0. The van der Waals surface area contributed by atoms with Crippen LogP contribution in [0.1, 0.15) is 37.6 Å². The molecule has 35 heavy (non-hydrogen) atoms. The van der Waals surface area contributed by atoms with Crippen LogP contribution in [0.4, 0.5) is 14.6 Å². The number of anilines is 1. The number of rotatable bonds is 9. The molecule has 1 aromatic heterocycles. The zero-order valence-electron chi connectivity index (χ0n) is 21.3. The second kappa shape index (κ2) is 11.3. The third kappa shape index (κ3) is 6.08. The van der Waals surface area contributed by atoms with E-state index in [1.165, 1.54) is 18.2 Å². The average Bonchev–Trinajstić information content (AvgIpc) is 3.16. The van der Waals surface area contributed by atoms with E-state index in [9.17, 15) is 8.78 Å². The van der Waals surface area contributed by atoms with Crippen LogP contribution < -0.4 is 4.90 Å². The molecule has 0 radical (unpaired) electrons. The molecule has 0 atom stereocenters. The fourth-order valence-corrected chi connectivity index (χ4v) is 4.91. The highest BCUT2D eigenvalue weighted by Gasteiger charge is 2.27. The molecule has 0 aliphatic carbocycles. The minimum absolute atomic E-state index is 0.177. The van der Waals surface area contributed by atoms with Gasteiger partial charge in [0.25, 0.3) is 0 Å². The van der Waals surface area contributed by atoms with Crippen LogP contribution in [0.3, 0.4) is 0 Å². The van der Waals surface area contributed by atoms with Crippen molar-refractivity contribution in [2.24, 2.45) is 5.92 Å². The van der Waals surface area contributed by atoms with Gasteiger partial charge in [-0.3, -0.25) is 4.90 Å². The first-order chi connectivity index (χ1) is 16.9. The van der Waals surface area contributed by atoms with Crippen LogP contribution in [-0.2, 0) is 13.1 Å². The van der Waals surface area contributed by atoms with Gasteiger partial charge in [-0.1, -0.05) is 45.0 Å². The van der Waals surface area contributed by atoms with Crippen LogP contribution in [-0.4, -0.2) is 58.8 Å². The van der Waals surface area contributed by atoms with E-state index in [-0.39, 0.29) is 11.6 Å². The second-order valence-corrected chi connectivity index (χ2v) is 9.86. The number of benzene rings is 2. The number of hydrogen-bond acceptors (Lipinski definition) is 4. The summed E-state index contributed by atoms with van der Waals surface area (Å²) in [5.74, 6) is 0.993. The lowest BCUT2D eigenvalue weighted by molar-refractivity contribution is 0.224. The van der Waals surface area contributed by atoms with Crippen molar-refractivity contribution in [1.29, 1.82) is 0 Å². The van der Waals surface area contributed by atoms with Crippen molar-refractivity contribution in [3.05, 3.63) is 77.0 Å². The molecule has 0 N–H and O–H groups in total. The minimum atomic E-state index is -0.278. The maximum atomic E-state index is 14.5. The average molecular weight is 482 g/mol. The van der Waals surface area contributed by atoms with E-state index < -0.39 is 0 Å². The predicted molar refractivity (Wildman–Crippen MR) is 138 cm³/mol. The molecule has 0 bridgehead atoms. The lowest BCUT2D eigenvalue weighted by Gasteiger charge is -2.36. The molecule has 0 unspecified atom stereocenters. The highest BCUT2D eigenvalue weighted by molar-refractivity contribution is 5.56. The molecule has 1 fully saturated rings. The van der Waals surface area contributed by atoms with Crippen LogP contribution >= 0.6 is 0 Å². The van der Waals surface area contributed by atoms with E-state index in [2.05, 4.69) is 35.5 Å². The van der Waals surface area contributed by atoms with Crippen LogP contribution in [0.2, 0.25) is 0 Å². The summed E-state index contributed by atoms with van der Waals surface area (Å²) in [6.07, 6.45) is 0. The van der Waals surface area contributed by atoms with Gasteiger partial charge in [0, 0.05) is 56.9 Å². The van der Waals surface area contributed by atoms with Gasteiger partial charge in [-0.05, 0) is 43.7 Å². The van der Waals surface area contributed by atoms with E-state index in [0.29, 0.717) is 24.6 Å².